The van der Waals surface area contributed by atoms with E-state index in [9.17, 15) is 9.59 Å². The number of hydrogen-bond acceptors (Lipinski definition) is 5. The van der Waals surface area contributed by atoms with Crippen molar-refractivity contribution in [3.8, 4) is 22.6 Å². The first-order chi connectivity index (χ1) is 14.5. The average Bonchev–Trinajstić information content (AvgIpc) is 3.38. The molecule has 0 saturated heterocycles. The fraction of sp³-hybridized carbons (Fsp3) is 0.0909. The van der Waals surface area contributed by atoms with Gasteiger partial charge in [0.1, 0.15) is 17.2 Å². The van der Waals surface area contributed by atoms with E-state index < -0.39 is 0 Å². The van der Waals surface area contributed by atoms with E-state index >= 15 is 0 Å². The number of aromatic nitrogens is 3. The minimum atomic E-state index is -0.309. The quantitative estimate of drug-likeness (QED) is 0.437. The van der Waals surface area contributed by atoms with E-state index in [4.69, 9.17) is 4.98 Å². The zero-order valence-electron chi connectivity index (χ0n) is 16.4. The van der Waals surface area contributed by atoms with Gasteiger partial charge in [0, 0.05) is 35.3 Å². The summed E-state index contributed by atoms with van der Waals surface area (Å²) in [6, 6.07) is 15.1. The predicted octanol–water partition coefficient (Wildman–Crippen LogP) is 4.72. The van der Waals surface area contributed by atoms with Crippen LogP contribution in [0.2, 0.25) is 0 Å². The van der Waals surface area contributed by atoms with Crippen molar-refractivity contribution in [3.05, 3.63) is 71.4 Å². The molecule has 4 rings (SSSR count). The largest absolute Gasteiger partial charge is 0.333 e. The Morgan fingerprint density at radius 1 is 1.03 bits per heavy atom. The van der Waals surface area contributed by atoms with Crippen molar-refractivity contribution in [2.24, 2.45) is 0 Å². The van der Waals surface area contributed by atoms with Gasteiger partial charge in [-0.05, 0) is 36.8 Å². The average molecular weight is 417 g/mol. The Balaban J connectivity index is 1.74. The lowest BCUT2D eigenvalue weighted by Gasteiger charge is -2.05. The van der Waals surface area contributed by atoms with E-state index in [-0.39, 0.29) is 11.8 Å². The van der Waals surface area contributed by atoms with Gasteiger partial charge in [-0.3, -0.25) is 14.9 Å². The van der Waals surface area contributed by atoms with E-state index in [0.29, 0.717) is 28.0 Å². The second kappa shape index (κ2) is 8.30. The Hall–Kier alpha value is -3.78. The van der Waals surface area contributed by atoms with Gasteiger partial charge in [0.25, 0.3) is 5.91 Å². The second-order valence-electron chi connectivity index (χ2n) is 6.67. The molecular weight excluding hydrogens is 398 g/mol. The van der Waals surface area contributed by atoms with Crippen molar-refractivity contribution in [2.75, 3.05) is 10.6 Å². The van der Waals surface area contributed by atoms with Crippen LogP contribution in [0.1, 0.15) is 23.0 Å². The summed E-state index contributed by atoms with van der Waals surface area (Å²) in [6.45, 7) is 3.44. The first kappa shape index (κ1) is 19.5. The number of aromatic amines is 1. The minimum Gasteiger partial charge on any atom is -0.333 e. The van der Waals surface area contributed by atoms with Gasteiger partial charge in [0.2, 0.25) is 5.91 Å². The van der Waals surface area contributed by atoms with E-state index in [0.717, 1.165) is 16.7 Å². The van der Waals surface area contributed by atoms with E-state index in [1.165, 1.54) is 18.3 Å². The molecule has 0 unspecified atom stereocenters. The van der Waals surface area contributed by atoms with E-state index in [1.807, 2.05) is 43.3 Å². The summed E-state index contributed by atoms with van der Waals surface area (Å²) in [4.78, 5) is 36.2. The summed E-state index contributed by atoms with van der Waals surface area (Å²) in [6.07, 6.45) is 1.64. The third-order valence-corrected chi connectivity index (χ3v) is 5.15. The monoisotopic (exact) mass is 417 g/mol. The van der Waals surface area contributed by atoms with Crippen molar-refractivity contribution >= 4 is 34.0 Å². The molecule has 0 spiro atoms. The second-order valence-corrected chi connectivity index (χ2v) is 7.57. The molecule has 30 heavy (non-hydrogen) atoms. The number of carbonyl (C=O) groups excluding carboxylic acids is 2. The molecule has 7 nitrogen and oxygen atoms in total. The molecule has 4 aromatic rings. The van der Waals surface area contributed by atoms with Crippen molar-refractivity contribution < 1.29 is 9.59 Å². The fourth-order valence-corrected chi connectivity index (χ4v) is 3.59. The fourth-order valence-electron chi connectivity index (χ4n) is 3.07. The molecule has 8 heteroatoms. The third kappa shape index (κ3) is 4.13. The van der Waals surface area contributed by atoms with Gasteiger partial charge in [-0.2, -0.15) is 0 Å². The van der Waals surface area contributed by atoms with Gasteiger partial charge >= 0.3 is 0 Å². The Kier molecular flexibility index (Phi) is 5.40. The number of carbonyl (C=O) groups is 2. The standard InChI is InChI=1S/C22H19N5O2S/c1-13-5-3-4-6-17(13)18-19(21(29)27-22-23-11-12-30-22)26-20(25-18)15-7-9-16(10-8-15)24-14(2)28/h3-12H,1-2H3,(H,24,28)(H,25,26)(H,23,27,29). The number of amides is 2. The van der Waals surface area contributed by atoms with Crippen LogP contribution in [0.3, 0.4) is 0 Å². The summed E-state index contributed by atoms with van der Waals surface area (Å²) >= 11 is 1.35. The van der Waals surface area contributed by atoms with E-state index in [1.54, 1.807) is 23.7 Å². The molecular formula is C22H19N5O2S. The zero-order chi connectivity index (χ0) is 21.1. The molecule has 2 aromatic heterocycles. The normalized spacial score (nSPS) is 10.6. The highest BCUT2D eigenvalue weighted by Gasteiger charge is 2.21. The van der Waals surface area contributed by atoms with Crippen molar-refractivity contribution in [1.29, 1.82) is 0 Å². The maximum atomic E-state index is 13.0. The van der Waals surface area contributed by atoms with Crippen molar-refractivity contribution in [3.63, 3.8) is 0 Å². The first-order valence-electron chi connectivity index (χ1n) is 9.26. The SMILES string of the molecule is CC(=O)Nc1ccc(-c2nc(-c3ccccc3C)c(C(=O)Nc3nccs3)[nH]2)cc1. The smallest absolute Gasteiger partial charge is 0.276 e. The zero-order valence-corrected chi connectivity index (χ0v) is 17.2. The van der Waals surface area contributed by atoms with Crippen LogP contribution in [0.5, 0.6) is 0 Å². The topological polar surface area (TPSA) is 99.8 Å². The predicted molar refractivity (Wildman–Crippen MR) is 119 cm³/mol. The lowest BCUT2D eigenvalue weighted by molar-refractivity contribution is -0.114. The number of benzene rings is 2. The molecule has 3 N–H and O–H groups in total. The minimum absolute atomic E-state index is 0.135. The molecule has 150 valence electrons. The van der Waals surface area contributed by atoms with Crippen LogP contribution in [0.15, 0.2) is 60.1 Å². The Morgan fingerprint density at radius 2 is 1.80 bits per heavy atom. The highest BCUT2D eigenvalue weighted by molar-refractivity contribution is 7.13. The number of hydrogen-bond donors (Lipinski definition) is 3. The molecule has 2 amide bonds. The number of rotatable bonds is 5. The van der Waals surface area contributed by atoms with Crippen molar-refractivity contribution in [1.82, 2.24) is 15.0 Å². The molecule has 0 bridgehead atoms. The number of anilines is 2. The highest BCUT2D eigenvalue weighted by Crippen LogP contribution is 2.29. The van der Waals surface area contributed by atoms with Crippen LogP contribution in [-0.4, -0.2) is 26.8 Å². The molecule has 0 fully saturated rings. The van der Waals surface area contributed by atoms with Crippen LogP contribution in [0, 0.1) is 6.92 Å². The van der Waals surface area contributed by atoms with Crippen molar-refractivity contribution in [2.45, 2.75) is 13.8 Å². The molecule has 0 radical (unpaired) electrons. The number of nitrogens with one attached hydrogen (secondary N) is 3. The molecule has 0 aliphatic carbocycles. The Morgan fingerprint density at radius 3 is 2.47 bits per heavy atom. The molecule has 0 atom stereocenters. The summed E-state index contributed by atoms with van der Waals surface area (Å²) in [5.41, 5.74) is 4.31. The summed E-state index contributed by atoms with van der Waals surface area (Å²) in [7, 11) is 0. The lowest BCUT2D eigenvalue weighted by Crippen LogP contribution is -2.13. The molecule has 2 aromatic carbocycles. The van der Waals surface area contributed by atoms with Crippen LogP contribution in [-0.2, 0) is 4.79 Å². The molecule has 0 aliphatic rings. The van der Waals surface area contributed by atoms with Crippen LogP contribution in [0.4, 0.5) is 10.8 Å². The number of nitrogens with zero attached hydrogens (tertiary/aromatic N) is 2. The summed E-state index contributed by atoms with van der Waals surface area (Å²) in [5.74, 6) is 0.118. The first-order valence-corrected chi connectivity index (χ1v) is 10.1. The number of aryl methyl sites for hydroxylation is 1. The van der Waals surface area contributed by atoms with Crippen LogP contribution in [0.25, 0.3) is 22.6 Å². The van der Waals surface area contributed by atoms with Gasteiger partial charge in [0.15, 0.2) is 5.13 Å². The summed E-state index contributed by atoms with van der Waals surface area (Å²) in [5, 5.41) is 7.87. The van der Waals surface area contributed by atoms with Gasteiger partial charge < -0.3 is 10.3 Å². The highest BCUT2D eigenvalue weighted by atomic mass is 32.1. The molecule has 0 saturated carbocycles. The Bertz CT molecular complexity index is 1200. The van der Waals surface area contributed by atoms with Crippen LogP contribution >= 0.6 is 11.3 Å². The van der Waals surface area contributed by atoms with Gasteiger partial charge in [-0.15, -0.1) is 11.3 Å². The Labute approximate surface area is 177 Å². The maximum Gasteiger partial charge on any atom is 0.276 e. The number of imidazole rings is 1. The molecule has 0 aliphatic heterocycles. The number of thiazole rings is 1. The number of H-pyrrole nitrogens is 1. The van der Waals surface area contributed by atoms with Gasteiger partial charge in [0.05, 0.1) is 0 Å². The van der Waals surface area contributed by atoms with Crippen LogP contribution < -0.4 is 10.6 Å². The lowest BCUT2D eigenvalue weighted by atomic mass is 10.0. The van der Waals surface area contributed by atoms with Gasteiger partial charge in [-0.25, -0.2) is 9.97 Å². The maximum absolute atomic E-state index is 13.0. The third-order valence-electron chi connectivity index (χ3n) is 4.46. The molecule has 2 heterocycles. The van der Waals surface area contributed by atoms with E-state index in [2.05, 4.69) is 20.6 Å². The summed E-state index contributed by atoms with van der Waals surface area (Å²) < 4.78 is 0. The van der Waals surface area contributed by atoms with Gasteiger partial charge in [-0.1, -0.05) is 24.3 Å².